The first-order chi connectivity index (χ1) is 7.84. The van der Waals surface area contributed by atoms with Crippen LogP contribution in [0.1, 0.15) is 19.8 Å². The molecule has 1 heterocycles. The monoisotopic (exact) mass is 229 g/mol. The molecule has 0 aliphatic carbocycles. The molecular formula is C11H23N3O2. The lowest BCUT2D eigenvalue weighted by Gasteiger charge is -2.27. The third-order valence-electron chi connectivity index (χ3n) is 2.51. The summed E-state index contributed by atoms with van der Waals surface area (Å²) in [5, 5.41) is 0. The van der Waals surface area contributed by atoms with Gasteiger partial charge >= 0.3 is 0 Å². The maximum atomic E-state index is 5.88. The van der Waals surface area contributed by atoms with Crippen molar-refractivity contribution in [3.8, 4) is 0 Å². The van der Waals surface area contributed by atoms with Crippen molar-refractivity contribution in [3.63, 3.8) is 0 Å². The standard InChI is InChI=1S/C11H23N3O2/c1-2-15-8-4-3-5-13-11(12)14-6-9-16-10-7-14/h2-10H2,1H3,(H2,12,13). The van der Waals surface area contributed by atoms with Crippen LogP contribution in [-0.2, 0) is 9.47 Å². The fourth-order valence-electron chi connectivity index (χ4n) is 1.55. The van der Waals surface area contributed by atoms with Gasteiger partial charge in [-0.15, -0.1) is 0 Å². The first-order valence-electron chi connectivity index (χ1n) is 6.05. The van der Waals surface area contributed by atoms with Crippen molar-refractivity contribution in [1.82, 2.24) is 4.90 Å². The topological polar surface area (TPSA) is 60.1 Å². The maximum absolute atomic E-state index is 5.88. The summed E-state index contributed by atoms with van der Waals surface area (Å²) in [5.41, 5.74) is 5.88. The molecule has 0 bridgehead atoms. The molecule has 5 heteroatoms. The van der Waals surface area contributed by atoms with E-state index in [1.165, 1.54) is 0 Å². The van der Waals surface area contributed by atoms with Crippen LogP contribution >= 0.6 is 0 Å². The van der Waals surface area contributed by atoms with Gasteiger partial charge in [0.15, 0.2) is 5.96 Å². The molecule has 5 nitrogen and oxygen atoms in total. The molecule has 0 radical (unpaired) electrons. The summed E-state index contributed by atoms with van der Waals surface area (Å²) in [6.07, 6.45) is 2.08. The Bertz CT molecular complexity index is 203. The largest absolute Gasteiger partial charge is 0.382 e. The average Bonchev–Trinajstić information content (AvgIpc) is 2.34. The predicted octanol–water partition coefficient (Wildman–Crippen LogP) is 0.450. The second-order valence-electron chi connectivity index (χ2n) is 3.74. The maximum Gasteiger partial charge on any atom is 0.191 e. The lowest BCUT2D eigenvalue weighted by atomic mass is 10.3. The Kier molecular flexibility index (Phi) is 6.92. The summed E-state index contributed by atoms with van der Waals surface area (Å²) in [5.74, 6) is 0.653. The number of nitrogens with two attached hydrogens (primary N) is 1. The highest BCUT2D eigenvalue weighted by atomic mass is 16.5. The van der Waals surface area contributed by atoms with Gasteiger partial charge in [-0.25, -0.2) is 0 Å². The fraction of sp³-hybridized carbons (Fsp3) is 0.909. The summed E-state index contributed by atoms with van der Waals surface area (Å²) in [6.45, 7) is 7.62. The average molecular weight is 229 g/mol. The summed E-state index contributed by atoms with van der Waals surface area (Å²) >= 11 is 0. The molecule has 0 aromatic carbocycles. The van der Waals surface area contributed by atoms with Gasteiger partial charge in [-0.05, 0) is 19.8 Å². The molecule has 0 spiro atoms. The van der Waals surface area contributed by atoms with E-state index in [0.29, 0.717) is 5.96 Å². The zero-order valence-corrected chi connectivity index (χ0v) is 10.2. The molecule has 0 unspecified atom stereocenters. The first-order valence-corrected chi connectivity index (χ1v) is 6.05. The quantitative estimate of drug-likeness (QED) is 0.408. The van der Waals surface area contributed by atoms with Crippen molar-refractivity contribution in [2.24, 2.45) is 10.7 Å². The Balaban J connectivity index is 2.07. The molecule has 1 aliphatic heterocycles. The van der Waals surface area contributed by atoms with Gasteiger partial charge in [-0.2, -0.15) is 0 Å². The van der Waals surface area contributed by atoms with Crippen LogP contribution in [-0.4, -0.2) is 56.9 Å². The number of unbranched alkanes of at least 4 members (excludes halogenated alkanes) is 1. The highest BCUT2D eigenvalue weighted by molar-refractivity contribution is 5.78. The van der Waals surface area contributed by atoms with Crippen LogP contribution in [0, 0.1) is 0 Å². The molecular weight excluding hydrogens is 206 g/mol. The van der Waals surface area contributed by atoms with Gasteiger partial charge in [-0.3, -0.25) is 4.99 Å². The molecule has 1 fully saturated rings. The summed E-state index contributed by atoms with van der Waals surface area (Å²) in [6, 6.07) is 0. The van der Waals surface area contributed by atoms with Gasteiger partial charge in [0.1, 0.15) is 0 Å². The van der Waals surface area contributed by atoms with Crippen LogP contribution < -0.4 is 5.73 Å². The highest BCUT2D eigenvalue weighted by Gasteiger charge is 2.11. The van der Waals surface area contributed by atoms with Gasteiger partial charge in [0.2, 0.25) is 0 Å². The summed E-state index contributed by atoms with van der Waals surface area (Å²) in [4.78, 5) is 6.43. The normalized spacial score (nSPS) is 17.8. The number of nitrogens with zero attached hydrogens (tertiary/aromatic N) is 2. The van der Waals surface area contributed by atoms with Crippen LogP contribution in [0.5, 0.6) is 0 Å². The molecule has 0 aromatic heterocycles. The second kappa shape index (κ2) is 8.35. The highest BCUT2D eigenvalue weighted by Crippen LogP contribution is 1.97. The number of ether oxygens (including phenoxy) is 2. The van der Waals surface area contributed by atoms with Crippen LogP contribution in [0.25, 0.3) is 0 Å². The van der Waals surface area contributed by atoms with Gasteiger partial charge in [-0.1, -0.05) is 0 Å². The smallest absolute Gasteiger partial charge is 0.191 e. The van der Waals surface area contributed by atoms with Crippen LogP contribution in [0.4, 0.5) is 0 Å². The van der Waals surface area contributed by atoms with Gasteiger partial charge in [0, 0.05) is 32.8 Å². The Morgan fingerprint density at radius 1 is 1.38 bits per heavy atom. The second-order valence-corrected chi connectivity index (χ2v) is 3.74. The summed E-state index contributed by atoms with van der Waals surface area (Å²) < 4.78 is 10.5. The first kappa shape index (κ1) is 13.3. The minimum atomic E-state index is 0.653. The Morgan fingerprint density at radius 3 is 2.81 bits per heavy atom. The summed E-state index contributed by atoms with van der Waals surface area (Å²) in [7, 11) is 0. The van der Waals surface area contributed by atoms with Gasteiger partial charge < -0.3 is 20.1 Å². The number of aliphatic imine (C=N–C) groups is 1. The van der Waals surface area contributed by atoms with Crippen molar-refractivity contribution < 1.29 is 9.47 Å². The van der Waals surface area contributed by atoms with E-state index < -0.39 is 0 Å². The van der Waals surface area contributed by atoms with Crippen LogP contribution in [0.15, 0.2) is 4.99 Å². The van der Waals surface area contributed by atoms with E-state index in [-0.39, 0.29) is 0 Å². The van der Waals surface area contributed by atoms with E-state index >= 15 is 0 Å². The fourth-order valence-corrected chi connectivity index (χ4v) is 1.55. The van der Waals surface area contributed by atoms with Gasteiger partial charge in [0.05, 0.1) is 13.2 Å². The zero-order valence-electron chi connectivity index (χ0n) is 10.2. The van der Waals surface area contributed by atoms with Crippen LogP contribution in [0.2, 0.25) is 0 Å². The van der Waals surface area contributed by atoms with E-state index in [9.17, 15) is 0 Å². The number of guanidine groups is 1. The van der Waals surface area contributed by atoms with Crippen molar-refractivity contribution in [1.29, 1.82) is 0 Å². The molecule has 0 saturated carbocycles. The molecule has 1 saturated heterocycles. The van der Waals surface area contributed by atoms with E-state index in [4.69, 9.17) is 15.2 Å². The lowest BCUT2D eigenvalue weighted by molar-refractivity contribution is 0.0674. The third kappa shape index (κ3) is 5.32. The van der Waals surface area contributed by atoms with E-state index in [1.807, 2.05) is 6.92 Å². The molecule has 1 aliphatic rings. The van der Waals surface area contributed by atoms with Crippen molar-refractivity contribution >= 4 is 5.96 Å². The van der Waals surface area contributed by atoms with Crippen molar-refractivity contribution in [2.75, 3.05) is 46.1 Å². The minimum Gasteiger partial charge on any atom is -0.382 e. The molecule has 1 rings (SSSR count). The SMILES string of the molecule is CCOCCCCN=C(N)N1CCOCC1. The number of rotatable bonds is 6. The predicted molar refractivity (Wildman–Crippen MR) is 64.6 cm³/mol. The minimum absolute atomic E-state index is 0.653. The molecule has 16 heavy (non-hydrogen) atoms. The molecule has 0 amide bonds. The third-order valence-corrected chi connectivity index (χ3v) is 2.51. The molecule has 0 aromatic rings. The zero-order chi connectivity index (χ0) is 11.6. The van der Waals surface area contributed by atoms with Crippen molar-refractivity contribution in [3.05, 3.63) is 0 Å². The molecule has 94 valence electrons. The Hall–Kier alpha value is -0.810. The molecule has 0 atom stereocenters. The molecule has 2 N–H and O–H groups in total. The van der Waals surface area contributed by atoms with E-state index in [2.05, 4.69) is 9.89 Å². The Morgan fingerprint density at radius 2 is 2.12 bits per heavy atom. The number of hydrogen-bond acceptors (Lipinski definition) is 3. The van der Waals surface area contributed by atoms with E-state index in [1.54, 1.807) is 0 Å². The van der Waals surface area contributed by atoms with Gasteiger partial charge in [0.25, 0.3) is 0 Å². The number of hydrogen-bond donors (Lipinski definition) is 1. The number of morpholine rings is 1. The van der Waals surface area contributed by atoms with E-state index in [0.717, 1.165) is 58.9 Å². The Labute approximate surface area is 97.6 Å². The van der Waals surface area contributed by atoms with Crippen LogP contribution in [0.3, 0.4) is 0 Å². The lowest BCUT2D eigenvalue weighted by Crippen LogP contribution is -2.44. The van der Waals surface area contributed by atoms with Crippen molar-refractivity contribution in [2.45, 2.75) is 19.8 Å².